The zero-order valence-electron chi connectivity index (χ0n) is 10.5. The van der Waals surface area contributed by atoms with Crippen LogP contribution in [0.25, 0.3) is 0 Å². The normalized spacial score (nSPS) is 23.4. The Morgan fingerprint density at radius 2 is 1.88 bits per heavy atom. The van der Waals surface area contributed by atoms with E-state index in [1.54, 1.807) is 7.11 Å². The molecule has 1 saturated heterocycles. The molecule has 2 nitrogen and oxygen atoms in total. The molecule has 0 bridgehead atoms. The van der Waals surface area contributed by atoms with E-state index < -0.39 is 0 Å². The Morgan fingerprint density at radius 3 is 2.47 bits per heavy atom. The van der Waals surface area contributed by atoms with E-state index in [-0.39, 0.29) is 0 Å². The van der Waals surface area contributed by atoms with Gasteiger partial charge in [-0.05, 0) is 48.6 Å². The van der Waals surface area contributed by atoms with Gasteiger partial charge in [-0.1, -0.05) is 18.2 Å². The molecule has 1 N–H and O–H groups in total. The van der Waals surface area contributed by atoms with Crippen LogP contribution < -0.4 is 10.1 Å². The average Bonchev–Trinajstić information content (AvgIpc) is 2.37. The van der Waals surface area contributed by atoms with Gasteiger partial charge in [0.15, 0.2) is 0 Å². The van der Waals surface area contributed by atoms with E-state index >= 15 is 0 Å². The summed E-state index contributed by atoms with van der Waals surface area (Å²) in [5.41, 5.74) is 2.07. The summed E-state index contributed by atoms with van der Waals surface area (Å²) >= 11 is 0. The molecule has 2 aliphatic rings. The van der Waals surface area contributed by atoms with Gasteiger partial charge in [0.2, 0.25) is 0 Å². The topological polar surface area (TPSA) is 21.3 Å². The van der Waals surface area contributed by atoms with Gasteiger partial charge in [-0.3, -0.25) is 0 Å². The SMILES string of the molecule is COc1ccccc1C1CCC2(CC1)CNC2. The largest absolute Gasteiger partial charge is 0.496 e. The summed E-state index contributed by atoms with van der Waals surface area (Å²) < 4.78 is 5.48. The van der Waals surface area contributed by atoms with Crippen LogP contribution in [0.15, 0.2) is 24.3 Å². The first-order chi connectivity index (χ1) is 8.33. The lowest BCUT2D eigenvalue weighted by Crippen LogP contribution is -2.54. The molecule has 2 heteroatoms. The fourth-order valence-electron chi connectivity index (χ4n) is 3.38. The fourth-order valence-corrected chi connectivity index (χ4v) is 3.38. The van der Waals surface area contributed by atoms with Crippen molar-refractivity contribution in [1.29, 1.82) is 0 Å². The summed E-state index contributed by atoms with van der Waals surface area (Å²) in [6, 6.07) is 8.51. The highest BCUT2D eigenvalue weighted by molar-refractivity contribution is 5.36. The predicted octanol–water partition coefficient (Wildman–Crippen LogP) is 2.94. The molecule has 0 amide bonds. The molecule has 1 saturated carbocycles. The standard InChI is InChI=1S/C15H21NO/c1-17-14-5-3-2-4-13(14)12-6-8-15(9-7-12)10-16-11-15/h2-5,12,16H,6-11H2,1H3. The molecule has 2 fully saturated rings. The van der Waals surface area contributed by atoms with Gasteiger partial charge in [0, 0.05) is 13.1 Å². The number of para-hydroxylation sites is 1. The van der Waals surface area contributed by atoms with Crippen LogP contribution in [0.1, 0.15) is 37.2 Å². The van der Waals surface area contributed by atoms with Gasteiger partial charge in [0.1, 0.15) is 5.75 Å². The summed E-state index contributed by atoms with van der Waals surface area (Å²) in [7, 11) is 1.78. The molecule has 0 atom stereocenters. The molecule has 1 aliphatic carbocycles. The Hall–Kier alpha value is -1.02. The van der Waals surface area contributed by atoms with Crippen molar-refractivity contribution in [2.75, 3.05) is 20.2 Å². The van der Waals surface area contributed by atoms with E-state index in [2.05, 4.69) is 29.6 Å². The smallest absolute Gasteiger partial charge is 0.122 e. The molecule has 1 heterocycles. The third-order valence-corrected chi connectivity index (χ3v) is 4.63. The van der Waals surface area contributed by atoms with Crippen LogP contribution in [0.4, 0.5) is 0 Å². The highest BCUT2D eigenvalue weighted by Crippen LogP contribution is 2.46. The zero-order chi connectivity index (χ0) is 11.7. The third kappa shape index (κ3) is 1.95. The Balaban J connectivity index is 1.73. The monoisotopic (exact) mass is 231 g/mol. The van der Waals surface area contributed by atoms with E-state index in [4.69, 9.17) is 4.74 Å². The third-order valence-electron chi connectivity index (χ3n) is 4.63. The van der Waals surface area contributed by atoms with Crippen LogP contribution in [0, 0.1) is 5.41 Å². The van der Waals surface area contributed by atoms with E-state index in [0.29, 0.717) is 11.3 Å². The highest BCUT2D eigenvalue weighted by atomic mass is 16.5. The predicted molar refractivity (Wildman–Crippen MR) is 69.5 cm³/mol. The Kier molecular flexibility index (Phi) is 2.83. The van der Waals surface area contributed by atoms with Gasteiger partial charge in [0.25, 0.3) is 0 Å². The van der Waals surface area contributed by atoms with Crippen LogP contribution in [-0.2, 0) is 0 Å². The maximum Gasteiger partial charge on any atom is 0.122 e. The van der Waals surface area contributed by atoms with Crippen molar-refractivity contribution < 1.29 is 4.74 Å². The molecule has 0 aromatic heterocycles. The van der Waals surface area contributed by atoms with Crippen molar-refractivity contribution in [2.24, 2.45) is 5.41 Å². The molecule has 92 valence electrons. The minimum Gasteiger partial charge on any atom is -0.496 e. The molecular weight excluding hydrogens is 210 g/mol. The number of hydrogen-bond donors (Lipinski definition) is 1. The van der Waals surface area contributed by atoms with Gasteiger partial charge in [-0.25, -0.2) is 0 Å². The molecule has 1 aromatic rings. The van der Waals surface area contributed by atoms with Crippen LogP contribution in [0.3, 0.4) is 0 Å². The van der Waals surface area contributed by atoms with Crippen molar-refractivity contribution in [3.05, 3.63) is 29.8 Å². The van der Waals surface area contributed by atoms with Gasteiger partial charge >= 0.3 is 0 Å². The van der Waals surface area contributed by atoms with Gasteiger partial charge < -0.3 is 10.1 Å². The lowest BCUT2D eigenvalue weighted by Gasteiger charge is -2.47. The van der Waals surface area contributed by atoms with Crippen LogP contribution in [0.5, 0.6) is 5.75 Å². The van der Waals surface area contributed by atoms with E-state index in [1.807, 2.05) is 0 Å². The summed E-state index contributed by atoms with van der Waals surface area (Å²) in [6.45, 7) is 2.48. The molecule has 3 rings (SSSR count). The van der Waals surface area contributed by atoms with Crippen LogP contribution in [-0.4, -0.2) is 20.2 Å². The maximum atomic E-state index is 5.48. The number of benzene rings is 1. The summed E-state index contributed by atoms with van der Waals surface area (Å²) in [4.78, 5) is 0. The molecule has 0 radical (unpaired) electrons. The van der Waals surface area contributed by atoms with Crippen molar-refractivity contribution in [1.82, 2.24) is 5.32 Å². The van der Waals surface area contributed by atoms with Crippen molar-refractivity contribution >= 4 is 0 Å². The van der Waals surface area contributed by atoms with Gasteiger partial charge in [-0.15, -0.1) is 0 Å². The second-order valence-electron chi connectivity index (χ2n) is 5.62. The average molecular weight is 231 g/mol. The highest BCUT2D eigenvalue weighted by Gasteiger charge is 2.40. The van der Waals surface area contributed by atoms with Gasteiger partial charge in [0.05, 0.1) is 7.11 Å². The van der Waals surface area contributed by atoms with Gasteiger partial charge in [-0.2, -0.15) is 0 Å². The first-order valence-corrected chi connectivity index (χ1v) is 6.67. The quantitative estimate of drug-likeness (QED) is 0.845. The number of rotatable bonds is 2. The minimum atomic E-state index is 0.651. The van der Waals surface area contributed by atoms with E-state index in [9.17, 15) is 0 Å². The van der Waals surface area contributed by atoms with Crippen LogP contribution in [0.2, 0.25) is 0 Å². The summed E-state index contributed by atoms with van der Waals surface area (Å²) in [6.07, 6.45) is 5.40. The lowest BCUT2D eigenvalue weighted by atomic mass is 9.66. The molecule has 17 heavy (non-hydrogen) atoms. The summed E-state index contributed by atoms with van der Waals surface area (Å²) in [5, 5.41) is 3.42. The molecule has 1 spiro atoms. The van der Waals surface area contributed by atoms with E-state index in [0.717, 1.165) is 5.75 Å². The van der Waals surface area contributed by atoms with Crippen molar-refractivity contribution in [3.8, 4) is 5.75 Å². The second kappa shape index (κ2) is 4.34. The Labute approximate surface area is 103 Å². The maximum absolute atomic E-state index is 5.48. The van der Waals surface area contributed by atoms with Crippen LogP contribution >= 0.6 is 0 Å². The number of nitrogens with one attached hydrogen (secondary N) is 1. The minimum absolute atomic E-state index is 0.651. The zero-order valence-corrected chi connectivity index (χ0v) is 10.5. The number of hydrogen-bond acceptors (Lipinski definition) is 2. The molecule has 1 aliphatic heterocycles. The fraction of sp³-hybridized carbons (Fsp3) is 0.600. The first-order valence-electron chi connectivity index (χ1n) is 6.67. The van der Waals surface area contributed by atoms with E-state index in [1.165, 1.54) is 44.3 Å². The Morgan fingerprint density at radius 1 is 1.18 bits per heavy atom. The summed E-state index contributed by atoms with van der Waals surface area (Å²) in [5.74, 6) is 1.78. The van der Waals surface area contributed by atoms with Crippen molar-refractivity contribution in [2.45, 2.75) is 31.6 Å². The second-order valence-corrected chi connectivity index (χ2v) is 5.62. The first kappa shape index (κ1) is 11.1. The number of ether oxygens (including phenoxy) is 1. The molecular formula is C15H21NO. The Bertz CT molecular complexity index is 388. The molecule has 1 aromatic carbocycles. The lowest BCUT2D eigenvalue weighted by molar-refractivity contribution is 0.0970. The number of methoxy groups -OCH3 is 1. The molecule has 0 unspecified atom stereocenters. The van der Waals surface area contributed by atoms with Crippen molar-refractivity contribution in [3.63, 3.8) is 0 Å².